The molecular formula is C20H33O2P. The van der Waals surface area contributed by atoms with Crippen LogP contribution in [0.1, 0.15) is 60.8 Å². The van der Waals surface area contributed by atoms with Gasteiger partial charge in [-0.1, -0.05) is 66.2 Å². The molecule has 3 heteroatoms. The lowest BCUT2D eigenvalue weighted by molar-refractivity contribution is 0.0474. The smallest absolute Gasteiger partial charge is 0.237 e. The fourth-order valence-corrected chi connectivity index (χ4v) is 6.06. The highest BCUT2D eigenvalue weighted by Gasteiger charge is 2.44. The van der Waals surface area contributed by atoms with Gasteiger partial charge in [0.25, 0.3) is 0 Å². The molecule has 0 spiro atoms. The van der Waals surface area contributed by atoms with Gasteiger partial charge >= 0.3 is 0 Å². The van der Waals surface area contributed by atoms with Crippen molar-refractivity contribution in [3.63, 3.8) is 0 Å². The van der Waals surface area contributed by atoms with Gasteiger partial charge in [-0.05, 0) is 42.7 Å². The summed E-state index contributed by atoms with van der Waals surface area (Å²) in [6, 6.07) is 9.81. The molecule has 0 bridgehead atoms. The molecule has 23 heavy (non-hydrogen) atoms. The van der Waals surface area contributed by atoms with Crippen LogP contribution in [0.25, 0.3) is 0 Å². The van der Waals surface area contributed by atoms with Crippen molar-refractivity contribution < 1.29 is 9.09 Å². The molecule has 0 aliphatic heterocycles. The summed E-state index contributed by atoms with van der Waals surface area (Å²) in [7, 11) is -2.93. The lowest BCUT2D eigenvalue weighted by Crippen LogP contribution is -2.37. The first kappa shape index (κ1) is 18.7. The fraction of sp³-hybridized carbons (Fsp3) is 0.700. The van der Waals surface area contributed by atoms with Crippen molar-refractivity contribution in [3.8, 4) is 0 Å². The zero-order chi connectivity index (χ0) is 17.3. The number of hydrogen-bond acceptors (Lipinski definition) is 2. The summed E-state index contributed by atoms with van der Waals surface area (Å²) < 4.78 is 20.5. The van der Waals surface area contributed by atoms with Gasteiger partial charge < -0.3 is 4.52 Å². The van der Waals surface area contributed by atoms with E-state index >= 15 is 0 Å². The van der Waals surface area contributed by atoms with E-state index in [2.05, 4.69) is 20.8 Å². The summed E-state index contributed by atoms with van der Waals surface area (Å²) in [5, 5.41) is 0.463. The van der Waals surface area contributed by atoms with Gasteiger partial charge in [-0.2, -0.15) is 0 Å². The van der Waals surface area contributed by atoms with E-state index in [1.807, 2.05) is 51.1 Å². The maximum absolute atomic E-state index is 14.0. The van der Waals surface area contributed by atoms with Crippen molar-refractivity contribution in [2.45, 2.75) is 72.1 Å². The van der Waals surface area contributed by atoms with Gasteiger partial charge in [0.1, 0.15) is 0 Å². The molecule has 0 N–H and O–H groups in total. The van der Waals surface area contributed by atoms with Crippen molar-refractivity contribution in [1.29, 1.82) is 0 Å². The monoisotopic (exact) mass is 336 g/mol. The maximum Gasteiger partial charge on any atom is 0.237 e. The molecule has 1 aliphatic rings. The van der Waals surface area contributed by atoms with Crippen LogP contribution in [0.4, 0.5) is 0 Å². The van der Waals surface area contributed by atoms with Crippen molar-refractivity contribution >= 4 is 12.7 Å². The molecule has 0 aromatic heterocycles. The van der Waals surface area contributed by atoms with E-state index in [0.29, 0.717) is 17.8 Å². The van der Waals surface area contributed by atoms with Crippen LogP contribution >= 0.6 is 7.37 Å². The van der Waals surface area contributed by atoms with E-state index in [4.69, 9.17) is 4.52 Å². The molecule has 0 radical (unpaired) electrons. The molecule has 4 atom stereocenters. The van der Waals surface area contributed by atoms with Gasteiger partial charge in [-0.15, -0.1) is 0 Å². The van der Waals surface area contributed by atoms with E-state index in [-0.39, 0.29) is 6.10 Å². The molecule has 0 amide bonds. The third-order valence-corrected chi connectivity index (χ3v) is 8.54. The molecule has 1 fully saturated rings. The van der Waals surface area contributed by atoms with Gasteiger partial charge in [0.15, 0.2) is 0 Å². The predicted molar refractivity (Wildman–Crippen MR) is 99.7 cm³/mol. The quantitative estimate of drug-likeness (QED) is 0.643. The summed E-state index contributed by atoms with van der Waals surface area (Å²) in [6.45, 7) is 12.9. The molecule has 130 valence electrons. The Bertz CT molecular complexity index is 545. The third-order valence-electron chi connectivity index (χ3n) is 5.22. The van der Waals surface area contributed by atoms with Crippen LogP contribution in [0.15, 0.2) is 30.3 Å². The normalized spacial score (nSPS) is 28.6. The molecule has 2 rings (SSSR count). The standard InChI is InChI=1S/C20H33O2P/c1-15(2)18-13-12-16(3)14-19(18)22-23(21,20(4,5)6)17-10-8-7-9-11-17/h7-11,15-16,18-19H,12-14H2,1-6H3. The molecule has 2 nitrogen and oxygen atoms in total. The molecule has 1 saturated carbocycles. The van der Waals surface area contributed by atoms with Crippen LogP contribution in [0.3, 0.4) is 0 Å². The van der Waals surface area contributed by atoms with E-state index in [0.717, 1.165) is 11.7 Å². The lowest BCUT2D eigenvalue weighted by Gasteiger charge is -2.42. The second-order valence-electron chi connectivity index (χ2n) is 8.53. The minimum Gasteiger partial charge on any atom is -0.321 e. The van der Waals surface area contributed by atoms with E-state index in [1.54, 1.807) is 0 Å². The van der Waals surface area contributed by atoms with E-state index < -0.39 is 12.5 Å². The molecule has 1 aliphatic carbocycles. The summed E-state index contributed by atoms with van der Waals surface area (Å²) >= 11 is 0. The highest BCUT2D eigenvalue weighted by molar-refractivity contribution is 7.68. The minimum atomic E-state index is -2.93. The highest BCUT2D eigenvalue weighted by atomic mass is 31.2. The first-order valence-corrected chi connectivity index (χ1v) is 10.6. The fourth-order valence-electron chi connectivity index (χ4n) is 3.66. The Balaban J connectivity index is 2.36. The molecule has 1 aromatic rings. The van der Waals surface area contributed by atoms with Crippen molar-refractivity contribution in [2.75, 3.05) is 0 Å². The van der Waals surface area contributed by atoms with Gasteiger partial charge in [0.2, 0.25) is 7.37 Å². The third kappa shape index (κ3) is 4.09. The maximum atomic E-state index is 14.0. The molecule has 1 aromatic carbocycles. The Morgan fingerprint density at radius 2 is 1.74 bits per heavy atom. The van der Waals surface area contributed by atoms with Crippen LogP contribution in [0.2, 0.25) is 0 Å². The second-order valence-corrected chi connectivity index (χ2v) is 11.7. The van der Waals surface area contributed by atoms with Crippen LogP contribution in [0, 0.1) is 17.8 Å². The molecular weight excluding hydrogens is 303 g/mol. The van der Waals surface area contributed by atoms with Gasteiger partial charge in [0, 0.05) is 10.5 Å². The van der Waals surface area contributed by atoms with Gasteiger partial charge in [0.05, 0.1) is 6.10 Å². The number of benzene rings is 1. The summed E-state index contributed by atoms with van der Waals surface area (Å²) in [5.74, 6) is 1.72. The van der Waals surface area contributed by atoms with E-state index in [9.17, 15) is 4.57 Å². The minimum absolute atomic E-state index is 0.101. The first-order valence-electron chi connectivity index (χ1n) is 8.99. The Morgan fingerprint density at radius 3 is 2.26 bits per heavy atom. The Labute approximate surface area is 142 Å². The predicted octanol–water partition coefficient (Wildman–Crippen LogP) is 5.87. The number of rotatable bonds is 4. The lowest BCUT2D eigenvalue weighted by atomic mass is 9.75. The van der Waals surface area contributed by atoms with Crippen molar-refractivity contribution in [1.82, 2.24) is 0 Å². The Hall–Kier alpha value is -0.590. The largest absolute Gasteiger partial charge is 0.321 e. The summed E-state index contributed by atoms with van der Waals surface area (Å²) in [6.07, 6.45) is 3.57. The van der Waals surface area contributed by atoms with Crippen molar-refractivity contribution in [3.05, 3.63) is 30.3 Å². The van der Waals surface area contributed by atoms with Gasteiger partial charge in [-0.25, -0.2) is 0 Å². The first-order chi connectivity index (χ1) is 10.6. The second kappa shape index (κ2) is 7.11. The van der Waals surface area contributed by atoms with Crippen LogP contribution in [0.5, 0.6) is 0 Å². The van der Waals surface area contributed by atoms with E-state index in [1.165, 1.54) is 12.8 Å². The van der Waals surface area contributed by atoms with Crippen LogP contribution < -0.4 is 5.30 Å². The zero-order valence-corrected chi connectivity index (χ0v) is 16.5. The average Bonchev–Trinajstić information content (AvgIpc) is 2.46. The highest BCUT2D eigenvalue weighted by Crippen LogP contribution is 2.60. The summed E-state index contributed by atoms with van der Waals surface area (Å²) in [5.41, 5.74) is 0. The summed E-state index contributed by atoms with van der Waals surface area (Å²) in [4.78, 5) is 0. The zero-order valence-electron chi connectivity index (χ0n) is 15.6. The average molecular weight is 336 g/mol. The molecule has 4 unspecified atom stereocenters. The van der Waals surface area contributed by atoms with Crippen LogP contribution in [-0.2, 0) is 9.09 Å². The SMILES string of the molecule is CC1CCC(C(C)C)C(OP(=O)(c2ccccc2)C(C)(C)C)C1. The topological polar surface area (TPSA) is 26.3 Å². The van der Waals surface area contributed by atoms with Crippen molar-refractivity contribution in [2.24, 2.45) is 17.8 Å². The molecule has 0 heterocycles. The Kier molecular flexibility index (Phi) is 5.80. The van der Waals surface area contributed by atoms with Gasteiger partial charge in [-0.3, -0.25) is 4.57 Å². The Morgan fingerprint density at radius 1 is 1.13 bits per heavy atom. The van der Waals surface area contributed by atoms with Crippen LogP contribution in [-0.4, -0.2) is 11.3 Å². The number of hydrogen-bond donors (Lipinski definition) is 0. The molecule has 0 saturated heterocycles.